The number of hydrogen-bond acceptors (Lipinski definition) is 5. The molecule has 0 aromatic heterocycles. The van der Waals surface area contributed by atoms with Crippen LogP contribution in [0.25, 0.3) is 5.57 Å². The van der Waals surface area contributed by atoms with E-state index in [4.69, 9.17) is 4.74 Å². The molecule has 1 aliphatic rings. The highest BCUT2D eigenvalue weighted by Crippen LogP contribution is 2.32. The quantitative estimate of drug-likeness (QED) is 0.469. The second kappa shape index (κ2) is 8.08. The SMILES string of the molecule is CCCCOC(=O)c1ccc(N2C(=O)C(O)=C(c3ccc(C)cc3)C2=O)cc1. The zero-order valence-corrected chi connectivity index (χ0v) is 15.8. The Kier molecular flexibility index (Phi) is 5.59. The summed E-state index contributed by atoms with van der Waals surface area (Å²) in [4.78, 5) is 38.1. The molecule has 2 amide bonds. The van der Waals surface area contributed by atoms with Crippen LogP contribution in [0.5, 0.6) is 0 Å². The van der Waals surface area contributed by atoms with E-state index in [0.29, 0.717) is 17.7 Å². The molecule has 0 fully saturated rings. The summed E-state index contributed by atoms with van der Waals surface area (Å²) in [6.45, 7) is 4.25. The number of carbonyl (C=O) groups is 3. The number of anilines is 1. The second-order valence-electron chi connectivity index (χ2n) is 6.57. The molecule has 28 heavy (non-hydrogen) atoms. The van der Waals surface area contributed by atoms with Gasteiger partial charge >= 0.3 is 11.9 Å². The lowest BCUT2D eigenvalue weighted by molar-refractivity contribution is -0.121. The summed E-state index contributed by atoms with van der Waals surface area (Å²) >= 11 is 0. The molecule has 1 aliphatic heterocycles. The van der Waals surface area contributed by atoms with E-state index in [1.807, 2.05) is 13.8 Å². The molecule has 1 N–H and O–H groups in total. The zero-order chi connectivity index (χ0) is 20.3. The van der Waals surface area contributed by atoms with Crippen molar-refractivity contribution in [2.24, 2.45) is 0 Å². The van der Waals surface area contributed by atoms with Crippen molar-refractivity contribution >= 4 is 29.0 Å². The highest BCUT2D eigenvalue weighted by Gasteiger charge is 2.40. The van der Waals surface area contributed by atoms with Crippen LogP contribution in [0, 0.1) is 6.92 Å². The van der Waals surface area contributed by atoms with Crippen molar-refractivity contribution in [1.82, 2.24) is 0 Å². The van der Waals surface area contributed by atoms with Crippen molar-refractivity contribution < 1.29 is 24.2 Å². The van der Waals surface area contributed by atoms with Gasteiger partial charge in [0.05, 0.1) is 23.4 Å². The lowest BCUT2D eigenvalue weighted by Crippen LogP contribution is -2.31. The van der Waals surface area contributed by atoms with Gasteiger partial charge in [-0.2, -0.15) is 0 Å². The molecule has 2 aromatic carbocycles. The Balaban J connectivity index is 1.81. The Morgan fingerprint density at radius 2 is 1.64 bits per heavy atom. The first kappa shape index (κ1) is 19.4. The number of ether oxygens (including phenoxy) is 1. The zero-order valence-electron chi connectivity index (χ0n) is 15.8. The van der Waals surface area contributed by atoms with E-state index in [9.17, 15) is 19.5 Å². The maximum atomic E-state index is 12.8. The van der Waals surface area contributed by atoms with Gasteiger partial charge < -0.3 is 9.84 Å². The predicted octanol–water partition coefficient (Wildman–Crippen LogP) is 3.79. The summed E-state index contributed by atoms with van der Waals surface area (Å²) in [5.74, 6) is -2.44. The molecule has 2 aromatic rings. The molecule has 0 aliphatic carbocycles. The van der Waals surface area contributed by atoms with E-state index in [0.717, 1.165) is 23.3 Å². The van der Waals surface area contributed by atoms with E-state index in [-0.39, 0.29) is 11.3 Å². The van der Waals surface area contributed by atoms with Gasteiger partial charge in [0.25, 0.3) is 5.91 Å². The Labute approximate surface area is 163 Å². The Hall–Kier alpha value is -3.41. The van der Waals surface area contributed by atoms with Crippen LogP contribution in [0.1, 0.15) is 41.3 Å². The smallest absolute Gasteiger partial charge is 0.338 e. The average molecular weight is 379 g/mol. The molecular formula is C22H21NO5. The van der Waals surface area contributed by atoms with Gasteiger partial charge in [-0.15, -0.1) is 0 Å². The maximum absolute atomic E-state index is 12.8. The third kappa shape index (κ3) is 3.67. The number of unbranched alkanes of at least 4 members (excludes halogenated alkanes) is 1. The summed E-state index contributed by atoms with van der Waals surface area (Å²) < 4.78 is 5.14. The van der Waals surface area contributed by atoms with Gasteiger partial charge in [0.15, 0.2) is 5.76 Å². The van der Waals surface area contributed by atoms with Gasteiger partial charge in [-0.25, -0.2) is 9.69 Å². The van der Waals surface area contributed by atoms with E-state index in [2.05, 4.69) is 0 Å². The summed E-state index contributed by atoms with van der Waals surface area (Å²) in [5.41, 5.74) is 2.04. The molecule has 0 unspecified atom stereocenters. The number of imide groups is 1. The van der Waals surface area contributed by atoms with Crippen LogP contribution in [0.4, 0.5) is 5.69 Å². The molecule has 0 bridgehead atoms. The molecular weight excluding hydrogens is 358 g/mol. The van der Waals surface area contributed by atoms with Crippen LogP contribution < -0.4 is 4.90 Å². The molecule has 0 atom stereocenters. The number of aliphatic hydroxyl groups is 1. The van der Waals surface area contributed by atoms with Crippen molar-refractivity contribution in [3.63, 3.8) is 0 Å². The topological polar surface area (TPSA) is 83.9 Å². The van der Waals surface area contributed by atoms with Crippen LogP contribution in [-0.4, -0.2) is 29.5 Å². The summed E-state index contributed by atoms with van der Waals surface area (Å²) in [7, 11) is 0. The summed E-state index contributed by atoms with van der Waals surface area (Å²) in [6, 6.07) is 12.9. The minimum Gasteiger partial charge on any atom is -0.502 e. The summed E-state index contributed by atoms with van der Waals surface area (Å²) in [6.07, 6.45) is 1.71. The number of benzene rings is 2. The van der Waals surface area contributed by atoms with Crippen LogP contribution in [0.3, 0.4) is 0 Å². The van der Waals surface area contributed by atoms with Gasteiger partial charge in [0, 0.05) is 0 Å². The largest absolute Gasteiger partial charge is 0.502 e. The molecule has 6 nitrogen and oxygen atoms in total. The second-order valence-corrected chi connectivity index (χ2v) is 6.57. The number of hydrogen-bond donors (Lipinski definition) is 1. The molecule has 3 rings (SSSR count). The molecule has 1 heterocycles. The van der Waals surface area contributed by atoms with Crippen LogP contribution in [-0.2, 0) is 14.3 Å². The predicted molar refractivity (Wildman–Crippen MR) is 105 cm³/mol. The number of rotatable bonds is 6. The number of aryl methyl sites for hydroxylation is 1. The normalized spacial score (nSPS) is 14.0. The Bertz CT molecular complexity index is 942. The molecule has 0 radical (unpaired) electrons. The number of amides is 2. The highest BCUT2D eigenvalue weighted by atomic mass is 16.5. The molecule has 0 saturated carbocycles. The average Bonchev–Trinajstić information content (AvgIpc) is 2.92. The van der Waals surface area contributed by atoms with Crippen molar-refractivity contribution in [3.05, 3.63) is 71.0 Å². The maximum Gasteiger partial charge on any atom is 0.338 e. The van der Waals surface area contributed by atoms with E-state index < -0.39 is 23.5 Å². The Morgan fingerprint density at radius 1 is 1.00 bits per heavy atom. The van der Waals surface area contributed by atoms with E-state index in [1.165, 1.54) is 24.3 Å². The lowest BCUT2D eigenvalue weighted by atomic mass is 10.0. The number of nitrogens with zero attached hydrogens (tertiary/aromatic N) is 1. The van der Waals surface area contributed by atoms with Gasteiger partial charge in [-0.05, 0) is 43.2 Å². The number of aliphatic hydroxyl groups excluding tert-OH is 1. The molecule has 144 valence electrons. The van der Waals surface area contributed by atoms with Crippen LogP contribution >= 0.6 is 0 Å². The highest BCUT2D eigenvalue weighted by molar-refractivity contribution is 6.44. The van der Waals surface area contributed by atoms with Crippen LogP contribution in [0.2, 0.25) is 0 Å². The minimum atomic E-state index is -0.793. The fourth-order valence-electron chi connectivity index (χ4n) is 2.87. The monoisotopic (exact) mass is 379 g/mol. The van der Waals surface area contributed by atoms with Crippen LogP contribution in [0.15, 0.2) is 54.3 Å². The molecule has 0 spiro atoms. The third-order valence-electron chi connectivity index (χ3n) is 4.49. The van der Waals surface area contributed by atoms with Crippen molar-refractivity contribution in [1.29, 1.82) is 0 Å². The first-order chi connectivity index (χ1) is 13.4. The van der Waals surface area contributed by atoms with Gasteiger partial charge in [0.2, 0.25) is 0 Å². The molecule has 6 heteroatoms. The first-order valence-corrected chi connectivity index (χ1v) is 9.10. The van der Waals surface area contributed by atoms with Gasteiger partial charge in [-0.3, -0.25) is 9.59 Å². The number of carbonyl (C=O) groups excluding carboxylic acids is 3. The Morgan fingerprint density at radius 3 is 2.25 bits per heavy atom. The fourth-order valence-corrected chi connectivity index (χ4v) is 2.87. The molecule has 0 saturated heterocycles. The van der Waals surface area contributed by atoms with Gasteiger partial charge in [0.1, 0.15) is 0 Å². The van der Waals surface area contributed by atoms with Crippen molar-refractivity contribution in [3.8, 4) is 0 Å². The third-order valence-corrected chi connectivity index (χ3v) is 4.49. The first-order valence-electron chi connectivity index (χ1n) is 9.10. The van der Waals surface area contributed by atoms with E-state index >= 15 is 0 Å². The fraction of sp³-hybridized carbons (Fsp3) is 0.227. The standard InChI is InChI=1S/C22H21NO5/c1-3-4-13-28-22(27)16-9-11-17(12-10-16)23-20(25)18(19(24)21(23)26)15-7-5-14(2)6-8-15/h5-12,24H,3-4,13H2,1-2H3. The van der Waals surface area contributed by atoms with E-state index in [1.54, 1.807) is 24.3 Å². The van der Waals surface area contributed by atoms with Crippen molar-refractivity contribution in [2.45, 2.75) is 26.7 Å². The van der Waals surface area contributed by atoms with Gasteiger partial charge in [-0.1, -0.05) is 43.2 Å². The minimum absolute atomic E-state index is 0.0342. The number of esters is 1. The lowest BCUT2D eigenvalue weighted by Gasteiger charge is -2.15. The summed E-state index contributed by atoms with van der Waals surface area (Å²) in [5, 5.41) is 10.2. The van der Waals surface area contributed by atoms with Crippen molar-refractivity contribution in [2.75, 3.05) is 11.5 Å².